The predicted molar refractivity (Wildman–Crippen MR) is 115 cm³/mol. The van der Waals surface area contributed by atoms with E-state index in [9.17, 15) is 4.39 Å². The van der Waals surface area contributed by atoms with Crippen LogP contribution in [0.25, 0.3) is 33.7 Å². The lowest BCUT2D eigenvalue weighted by molar-refractivity contribution is 0.324. The first-order valence-corrected chi connectivity index (χ1v) is 9.32. The van der Waals surface area contributed by atoms with Crippen LogP contribution in [0, 0.1) is 12.7 Å². The Morgan fingerprint density at radius 3 is 2.10 bits per heavy atom. The molecular weight excluding hydrogens is 401 g/mol. The fourth-order valence-electron chi connectivity index (χ4n) is 3.32. The number of ether oxygens (including phenoxy) is 3. The second-order valence-electron chi connectivity index (χ2n) is 6.70. The zero-order valence-corrected chi connectivity index (χ0v) is 17.4. The van der Waals surface area contributed by atoms with E-state index in [0.29, 0.717) is 56.6 Å². The molecule has 2 heterocycles. The van der Waals surface area contributed by atoms with Gasteiger partial charge in [-0.05, 0) is 37.3 Å². The molecule has 0 saturated carbocycles. The van der Waals surface area contributed by atoms with Gasteiger partial charge < -0.3 is 19.9 Å². The molecule has 0 aliphatic carbocycles. The van der Waals surface area contributed by atoms with Crippen LogP contribution < -0.4 is 19.9 Å². The number of nitrogens with zero attached hydrogens (tertiary/aromatic N) is 4. The molecule has 0 spiro atoms. The van der Waals surface area contributed by atoms with Crippen LogP contribution in [0.15, 0.2) is 36.4 Å². The Morgan fingerprint density at radius 2 is 1.45 bits per heavy atom. The van der Waals surface area contributed by atoms with E-state index in [1.54, 1.807) is 24.3 Å². The highest BCUT2D eigenvalue weighted by atomic mass is 19.1. The van der Waals surface area contributed by atoms with Crippen molar-refractivity contribution in [3.05, 3.63) is 47.9 Å². The fourth-order valence-corrected chi connectivity index (χ4v) is 3.32. The van der Waals surface area contributed by atoms with Crippen molar-refractivity contribution in [1.82, 2.24) is 19.9 Å². The molecule has 0 aliphatic rings. The average molecular weight is 421 g/mol. The summed E-state index contributed by atoms with van der Waals surface area (Å²) in [5.74, 6) is 1.09. The van der Waals surface area contributed by atoms with Crippen LogP contribution in [0.2, 0.25) is 0 Å². The van der Waals surface area contributed by atoms with E-state index < -0.39 is 5.82 Å². The number of anilines is 1. The zero-order valence-electron chi connectivity index (χ0n) is 17.4. The first-order chi connectivity index (χ1) is 14.9. The van der Waals surface area contributed by atoms with Crippen LogP contribution in [0.1, 0.15) is 5.69 Å². The molecule has 4 rings (SSSR count). The number of hydrogen-bond acceptors (Lipinski definition) is 8. The lowest BCUT2D eigenvalue weighted by Crippen LogP contribution is -2.02. The van der Waals surface area contributed by atoms with Gasteiger partial charge in [-0.2, -0.15) is 0 Å². The summed E-state index contributed by atoms with van der Waals surface area (Å²) in [5, 5.41) is 0. The summed E-state index contributed by atoms with van der Waals surface area (Å²) in [5.41, 5.74) is 9.81. The summed E-state index contributed by atoms with van der Waals surface area (Å²) >= 11 is 0. The average Bonchev–Trinajstić information content (AvgIpc) is 2.77. The third-order valence-corrected chi connectivity index (χ3v) is 4.75. The van der Waals surface area contributed by atoms with E-state index in [4.69, 9.17) is 19.9 Å². The fraction of sp³-hybridized carbons (Fsp3) is 0.182. The third-order valence-electron chi connectivity index (χ3n) is 4.75. The molecule has 9 heteroatoms. The number of benzene rings is 2. The minimum absolute atomic E-state index is 0.0572. The minimum atomic E-state index is -0.392. The second-order valence-corrected chi connectivity index (χ2v) is 6.70. The monoisotopic (exact) mass is 421 g/mol. The summed E-state index contributed by atoms with van der Waals surface area (Å²) in [6, 6.07) is 9.53. The van der Waals surface area contributed by atoms with Crippen molar-refractivity contribution in [2.45, 2.75) is 6.92 Å². The molecule has 0 bridgehead atoms. The van der Waals surface area contributed by atoms with Gasteiger partial charge in [0.15, 0.2) is 11.5 Å². The maximum atomic E-state index is 13.7. The number of aromatic nitrogens is 4. The van der Waals surface area contributed by atoms with Gasteiger partial charge in [0.2, 0.25) is 11.7 Å². The molecule has 2 N–H and O–H groups in total. The van der Waals surface area contributed by atoms with Crippen molar-refractivity contribution in [2.75, 3.05) is 27.1 Å². The zero-order chi connectivity index (χ0) is 22.1. The first kappa shape index (κ1) is 20.3. The highest BCUT2D eigenvalue weighted by molar-refractivity contribution is 5.79. The van der Waals surface area contributed by atoms with E-state index in [1.807, 2.05) is 6.92 Å². The molecule has 31 heavy (non-hydrogen) atoms. The Kier molecular flexibility index (Phi) is 5.24. The Balaban J connectivity index is 1.89. The van der Waals surface area contributed by atoms with Crippen LogP contribution in [0.5, 0.6) is 17.2 Å². The Hall–Kier alpha value is -4.01. The quantitative estimate of drug-likeness (QED) is 0.519. The van der Waals surface area contributed by atoms with Gasteiger partial charge in [0.25, 0.3) is 0 Å². The van der Waals surface area contributed by atoms with Gasteiger partial charge in [0.05, 0.1) is 49.4 Å². The third kappa shape index (κ3) is 3.77. The van der Waals surface area contributed by atoms with E-state index >= 15 is 0 Å². The van der Waals surface area contributed by atoms with Gasteiger partial charge >= 0.3 is 0 Å². The van der Waals surface area contributed by atoms with Crippen LogP contribution in [0.4, 0.5) is 10.3 Å². The van der Waals surface area contributed by atoms with E-state index in [1.165, 1.54) is 33.5 Å². The van der Waals surface area contributed by atoms with Gasteiger partial charge in [0.1, 0.15) is 11.5 Å². The highest BCUT2D eigenvalue weighted by Crippen LogP contribution is 2.41. The molecule has 0 atom stereocenters. The number of aryl methyl sites for hydroxylation is 1. The molecule has 158 valence electrons. The molecule has 0 radical (unpaired) electrons. The van der Waals surface area contributed by atoms with Crippen LogP contribution in [0.3, 0.4) is 0 Å². The molecule has 0 aliphatic heterocycles. The van der Waals surface area contributed by atoms with Crippen LogP contribution in [-0.2, 0) is 0 Å². The van der Waals surface area contributed by atoms with Crippen LogP contribution in [-0.4, -0.2) is 41.3 Å². The molecule has 0 amide bonds. The molecule has 0 unspecified atom stereocenters. The summed E-state index contributed by atoms with van der Waals surface area (Å²) in [7, 11) is 4.60. The van der Waals surface area contributed by atoms with Gasteiger partial charge in [-0.3, -0.25) is 0 Å². The summed E-state index contributed by atoms with van der Waals surface area (Å²) < 4.78 is 29.9. The van der Waals surface area contributed by atoms with Gasteiger partial charge in [-0.15, -0.1) is 0 Å². The van der Waals surface area contributed by atoms with Gasteiger partial charge in [-0.25, -0.2) is 24.3 Å². The first-order valence-electron chi connectivity index (χ1n) is 9.32. The normalized spacial score (nSPS) is 10.9. The number of nitrogen functional groups attached to an aromatic ring is 1. The van der Waals surface area contributed by atoms with E-state index in [2.05, 4.69) is 19.9 Å². The maximum Gasteiger partial charge on any atom is 0.221 e. The van der Waals surface area contributed by atoms with E-state index in [0.717, 1.165) is 0 Å². The number of methoxy groups -OCH3 is 3. The van der Waals surface area contributed by atoms with Crippen molar-refractivity contribution in [2.24, 2.45) is 0 Å². The minimum Gasteiger partial charge on any atom is -0.493 e. The van der Waals surface area contributed by atoms with E-state index in [-0.39, 0.29) is 5.95 Å². The number of nitrogens with two attached hydrogens (primary N) is 1. The second kappa shape index (κ2) is 8.02. The van der Waals surface area contributed by atoms with Crippen molar-refractivity contribution < 1.29 is 18.6 Å². The predicted octanol–water partition coefficient (Wildman–Crippen LogP) is 3.81. The van der Waals surface area contributed by atoms with Gasteiger partial charge in [-0.1, -0.05) is 0 Å². The smallest absolute Gasteiger partial charge is 0.221 e. The van der Waals surface area contributed by atoms with Crippen molar-refractivity contribution >= 4 is 17.0 Å². The molecule has 4 aromatic rings. The number of hydrogen-bond donors (Lipinski definition) is 1. The van der Waals surface area contributed by atoms with Crippen molar-refractivity contribution in [3.63, 3.8) is 0 Å². The molecule has 2 aromatic carbocycles. The van der Waals surface area contributed by atoms with Crippen LogP contribution >= 0.6 is 0 Å². The largest absolute Gasteiger partial charge is 0.493 e. The molecular formula is C22H20FN5O3. The Morgan fingerprint density at radius 1 is 0.774 bits per heavy atom. The van der Waals surface area contributed by atoms with Crippen molar-refractivity contribution in [3.8, 4) is 39.9 Å². The molecule has 8 nitrogen and oxygen atoms in total. The number of rotatable bonds is 5. The summed E-state index contributed by atoms with van der Waals surface area (Å²) in [6.07, 6.45) is 0. The summed E-state index contributed by atoms with van der Waals surface area (Å²) in [4.78, 5) is 17.7. The lowest BCUT2D eigenvalue weighted by Gasteiger charge is -2.14. The Bertz CT molecular complexity index is 1270. The number of halogens is 1. The topological polar surface area (TPSA) is 105 Å². The lowest BCUT2D eigenvalue weighted by atomic mass is 10.1. The Labute approximate surface area is 177 Å². The van der Waals surface area contributed by atoms with Gasteiger partial charge in [0, 0.05) is 11.6 Å². The SMILES string of the molecule is COc1cc(-c2cc(-c3nc4cc(F)ccc4nc3C)nc(N)n2)cc(OC)c1OC. The standard InChI is InChI=1S/C22H20FN5O3/c1-11-20(26-16-9-13(23)5-6-14(16)25-11)17-10-15(27-22(24)28-17)12-7-18(29-2)21(31-4)19(8-12)30-3/h5-10H,1-4H3,(H2,24,27,28). The maximum absolute atomic E-state index is 13.7. The molecule has 2 aromatic heterocycles. The number of fused-ring (bicyclic) bond motifs is 1. The molecule has 0 saturated heterocycles. The molecule has 0 fully saturated rings. The van der Waals surface area contributed by atoms with Crippen molar-refractivity contribution in [1.29, 1.82) is 0 Å². The summed E-state index contributed by atoms with van der Waals surface area (Å²) in [6.45, 7) is 1.81. The highest BCUT2D eigenvalue weighted by Gasteiger charge is 2.17.